The van der Waals surface area contributed by atoms with Crippen LogP contribution in [0.3, 0.4) is 0 Å². The molecule has 0 radical (unpaired) electrons. The molecule has 1 saturated heterocycles. The molecule has 0 spiro atoms. The van der Waals surface area contributed by atoms with Gasteiger partial charge in [-0.1, -0.05) is 12.1 Å². The Hall–Kier alpha value is -1.40. The number of sulfone groups is 1. The molecule has 2 rings (SSSR count). The fourth-order valence-electron chi connectivity index (χ4n) is 2.20. The monoisotopic (exact) mass is 282 g/mol. The Balaban J connectivity index is 2.17. The third kappa shape index (κ3) is 3.54. The molecule has 1 fully saturated rings. The topological polar surface area (TPSA) is 75.3 Å². The van der Waals surface area contributed by atoms with E-state index in [0.717, 1.165) is 25.6 Å². The van der Waals surface area contributed by atoms with Gasteiger partial charge in [-0.05, 0) is 31.5 Å². The summed E-state index contributed by atoms with van der Waals surface area (Å²) < 4.78 is 23.3. The second-order valence-corrected chi connectivity index (χ2v) is 6.79. The lowest BCUT2D eigenvalue weighted by Crippen LogP contribution is -2.37. The van der Waals surface area contributed by atoms with E-state index in [1.165, 1.54) is 6.07 Å². The van der Waals surface area contributed by atoms with Gasteiger partial charge in [-0.25, -0.2) is 8.42 Å². The molecule has 19 heavy (non-hydrogen) atoms. The van der Waals surface area contributed by atoms with E-state index in [1.807, 2.05) is 0 Å². The summed E-state index contributed by atoms with van der Waals surface area (Å²) in [7, 11) is -3.34. The molecule has 0 aromatic heterocycles. The van der Waals surface area contributed by atoms with Gasteiger partial charge in [0.2, 0.25) is 5.91 Å². The molecule has 0 aliphatic carbocycles. The summed E-state index contributed by atoms with van der Waals surface area (Å²) in [6.07, 6.45) is 2.94. The summed E-state index contributed by atoms with van der Waals surface area (Å²) in [5.41, 5.74) is 0.362. The van der Waals surface area contributed by atoms with Crippen molar-refractivity contribution in [1.29, 1.82) is 0 Å². The van der Waals surface area contributed by atoms with Crippen LogP contribution in [0.5, 0.6) is 0 Å². The van der Waals surface area contributed by atoms with E-state index in [-0.39, 0.29) is 16.7 Å². The first kappa shape index (κ1) is 14.0. The van der Waals surface area contributed by atoms with Crippen LogP contribution in [0.4, 0.5) is 5.69 Å². The SMILES string of the molecule is CS(=O)(=O)c1ccccc1NC(=O)[C@@H]1CCCNC1. The molecule has 1 aromatic carbocycles. The number of benzene rings is 1. The first-order valence-corrected chi connectivity index (χ1v) is 8.18. The number of piperidine rings is 1. The van der Waals surface area contributed by atoms with Crippen LogP contribution in [-0.4, -0.2) is 33.7 Å². The van der Waals surface area contributed by atoms with E-state index in [1.54, 1.807) is 18.2 Å². The van der Waals surface area contributed by atoms with Gasteiger partial charge in [0.05, 0.1) is 16.5 Å². The van der Waals surface area contributed by atoms with Crippen molar-refractivity contribution < 1.29 is 13.2 Å². The second kappa shape index (κ2) is 5.71. The minimum Gasteiger partial charge on any atom is -0.325 e. The van der Waals surface area contributed by atoms with Gasteiger partial charge in [-0.15, -0.1) is 0 Å². The van der Waals surface area contributed by atoms with E-state index < -0.39 is 9.84 Å². The molecule has 0 bridgehead atoms. The van der Waals surface area contributed by atoms with Crippen molar-refractivity contribution in [3.8, 4) is 0 Å². The van der Waals surface area contributed by atoms with Crippen LogP contribution >= 0.6 is 0 Å². The maximum absolute atomic E-state index is 12.1. The van der Waals surface area contributed by atoms with Gasteiger partial charge in [0.15, 0.2) is 9.84 Å². The highest BCUT2D eigenvalue weighted by Crippen LogP contribution is 2.22. The molecular formula is C13H18N2O3S. The number of carbonyl (C=O) groups is 1. The van der Waals surface area contributed by atoms with Crippen molar-refractivity contribution in [3.05, 3.63) is 24.3 Å². The Morgan fingerprint density at radius 3 is 2.74 bits per heavy atom. The maximum atomic E-state index is 12.1. The van der Waals surface area contributed by atoms with Gasteiger partial charge in [-0.3, -0.25) is 4.79 Å². The standard InChI is InChI=1S/C13H18N2O3S/c1-19(17,18)12-7-3-2-6-11(12)15-13(16)10-5-4-8-14-9-10/h2-3,6-7,10,14H,4-5,8-9H2,1H3,(H,15,16)/t10-/m1/s1. The lowest BCUT2D eigenvalue weighted by atomic mass is 9.99. The van der Waals surface area contributed by atoms with Crippen LogP contribution < -0.4 is 10.6 Å². The van der Waals surface area contributed by atoms with Crippen molar-refractivity contribution in [3.63, 3.8) is 0 Å². The number of rotatable bonds is 3. The average molecular weight is 282 g/mol. The Bertz CT molecular complexity index is 563. The summed E-state index contributed by atoms with van der Waals surface area (Å²) in [5.74, 6) is -0.218. The molecule has 2 N–H and O–H groups in total. The quantitative estimate of drug-likeness (QED) is 0.868. The fraction of sp³-hybridized carbons (Fsp3) is 0.462. The van der Waals surface area contributed by atoms with Gasteiger partial charge >= 0.3 is 0 Å². The van der Waals surface area contributed by atoms with E-state index in [0.29, 0.717) is 12.2 Å². The normalized spacial score (nSPS) is 19.9. The molecule has 1 heterocycles. The number of anilines is 1. The fourth-order valence-corrected chi connectivity index (χ4v) is 3.05. The van der Waals surface area contributed by atoms with Crippen molar-refractivity contribution >= 4 is 21.4 Å². The summed E-state index contributed by atoms with van der Waals surface area (Å²) in [6.45, 7) is 1.58. The summed E-state index contributed by atoms with van der Waals surface area (Å²) in [4.78, 5) is 12.3. The first-order chi connectivity index (χ1) is 8.98. The van der Waals surface area contributed by atoms with Crippen LogP contribution in [0.15, 0.2) is 29.2 Å². The predicted octanol–water partition coefficient (Wildman–Crippen LogP) is 1.03. The molecular weight excluding hydrogens is 264 g/mol. The lowest BCUT2D eigenvalue weighted by Gasteiger charge is -2.22. The Labute approximate surface area is 113 Å². The van der Waals surface area contributed by atoms with Crippen molar-refractivity contribution in [2.75, 3.05) is 24.7 Å². The van der Waals surface area contributed by atoms with Gasteiger partial charge < -0.3 is 10.6 Å². The van der Waals surface area contributed by atoms with E-state index in [2.05, 4.69) is 10.6 Å². The number of carbonyl (C=O) groups excluding carboxylic acids is 1. The number of hydrogen-bond acceptors (Lipinski definition) is 4. The highest BCUT2D eigenvalue weighted by Gasteiger charge is 2.22. The zero-order valence-electron chi connectivity index (χ0n) is 10.8. The predicted molar refractivity (Wildman–Crippen MR) is 73.8 cm³/mol. The lowest BCUT2D eigenvalue weighted by molar-refractivity contribution is -0.120. The first-order valence-electron chi connectivity index (χ1n) is 6.29. The third-order valence-corrected chi connectivity index (χ3v) is 4.37. The van der Waals surface area contributed by atoms with Crippen molar-refractivity contribution in [1.82, 2.24) is 5.32 Å². The zero-order valence-corrected chi connectivity index (χ0v) is 11.7. The number of nitrogens with one attached hydrogen (secondary N) is 2. The van der Waals surface area contributed by atoms with Crippen LogP contribution in [0.2, 0.25) is 0 Å². The number of amides is 1. The van der Waals surface area contributed by atoms with Crippen LogP contribution in [0.1, 0.15) is 12.8 Å². The molecule has 1 amide bonds. The molecule has 0 unspecified atom stereocenters. The van der Waals surface area contributed by atoms with Gasteiger partial charge in [0.25, 0.3) is 0 Å². The van der Waals surface area contributed by atoms with Crippen molar-refractivity contribution in [2.24, 2.45) is 5.92 Å². The zero-order chi connectivity index (χ0) is 13.9. The Morgan fingerprint density at radius 1 is 1.37 bits per heavy atom. The molecule has 0 saturated carbocycles. The molecule has 1 aromatic rings. The van der Waals surface area contributed by atoms with Gasteiger partial charge in [0.1, 0.15) is 0 Å². The minimum absolute atomic E-state index is 0.0960. The number of hydrogen-bond donors (Lipinski definition) is 2. The van der Waals surface area contributed by atoms with Crippen LogP contribution in [0.25, 0.3) is 0 Å². The maximum Gasteiger partial charge on any atom is 0.228 e. The highest BCUT2D eigenvalue weighted by atomic mass is 32.2. The molecule has 1 aliphatic rings. The van der Waals surface area contributed by atoms with Gasteiger partial charge in [0, 0.05) is 12.8 Å². The molecule has 104 valence electrons. The molecule has 6 heteroatoms. The highest BCUT2D eigenvalue weighted by molar-refractivity contribution is 7.90. The second-order valence-electron chi connectivity index (χ2n) is 4.80. The molecule has 1 atom stereocenters. The van der Waals surface area contributed by atoms with E-state index in [4.69, 9.17) is 0 Å². The Morgan fingerprint density at radius 2 is 2.11 bits per heavy atom. The number of para-hydroxylation sites is 1. The van der Waals surface area contributed by atoms with E-state index >= 15 is 0 Å². The third-order valence-electron chi connectivity index (χ3n) is 3.21. The average Bonchev–Trinajstić information content (AvgIpc) is 2.39. The van der Waals surface area contributed by atoms with E-state index in [9.17, 15) is 13.2 Å². The molecule has 5 nitrogen and oxygen atoms in total. The summed E-state index contributed by atoms with van der Waals surface area (Å²) >= 11 is 0. The minimum atomic E-state index is -3.34. The largest absolute Gasteiger partial charge is 0.325 e. The van der Waals surface area contributed by atoms with Crippen LogP contribution in [0, 0.1) is 5.92 Å². The molecule has 1 aliphatic heterocycles. The summed E-state index contributed by atoms with van der Waals surface area (Å²) in [6, 6.07) is 6.48. The van der Waals surface area contributed by atoms with Crippen molar-refractivity contribution in [2.45, 2.75) is 17.7 Å². The Kier molecular flexibility index (Phi) is 4.21. The smallest absolute Gasteiger partial charge is 0.228 e. The van der Waals surface area contributed by atoms with Gasteiger partial charge in [-0.2, -0.15) is 0 Å². The van der Waals surface area contributed by atoms with Crippen LogP contribution in [-0.2, 0) is 14.6 Å². The summed E-state index contributed by atoms with van der Waals surface area (Å²) in [5, 5.41) is 5.90.